The van der Waals surface area contributed by atoms with Crippen LogP contribution < -0.4 is 0 Å². The second-order valence-electron chi connectivity index (χ2n) is 2.81. The van der Waals surface area contributed by atoms with E-state index in [1.807, 2.05) is 18.2 Å². The molecule has 0 saturated carbocycles. The van der Waals surface area contributed by atoms with Gasteiger partial charge in [-0.2, -0.15) is 0 Å². The standard InChI is InChI=1S/C10H7Br2NOS/c11-7-4-9(12)10(13-5-7)15-6-8-2-1-3-14-8/h1-5H,6H2. The maximum Gasteiger partial charge on any atom is 0.114 e. The molecule has 0 aliphatic carbocycles. The summed E-state index contributed by atoms with van der Waals surface area (Å²) in [5.41, 5.74) is 0. The van der Waals surface area contributed by atoms with Gasteiger partial charge in [0.05, 0.1) is 16.5 Å². The van der Waals surface area contributed by atoms with Crippen LogP contribution in [0.1, 0.15) is 5.76 Å². The van der Waals surface area contributed by atoms with Gasteiger partial charge in [-0.1, -0.05) is 11.8 Å². The largest absolute Gasteiger partial charge is 0.468 e. The molecule has 0 aliphatic heterocycles. The van der Waals surface area contributed by atoms with Gasteiger partial charge in [0.1, 0.15) is 10.8 Å². The highest BCUT2D eigenvalue weighted by Crippen LogP contribution is 2.29. The van der Waals surface area contributed by atoms with Gasteiger partial charge in [0, 0.05) is 10.7 Å². The van der Waals surface area contributed by atoms with E-state index in [2.05, 4.69) is 36.8 Å². The predicted molar refractivity (Wildman–Crippen MR) is 67.9 cm³/mol. The quantitative estimate of drug-likeness (QED) is 0.764. The van der Waals surface area contributed by atoms with Crippen LogP contribution in [0.4, 0.5) is 0 Å². The first kappa shape index (κ1) is 11.2. The van der Waals surface area contributed by atoms with Crippen molar-refractivity contribution in [1.82, 2.24) is 4.98 Å². The lowest BCUT2D eigenvalue weighted by molar-refractivity contribution is 0.530. The second kappa shape index (κ2) is 5.18. The molecule has 0 N–H and O–H groups in total. The van der Waals surface area contributed by atoms with Crippen molar-refractivity contribution in [2.45, 2.75) is 10.8 Å². The summed E-state index contributed by atoms with van der Waals surface area (Å²) in [7, 11) is 0. The second-order valence-corrected chi connectivity index (χ2v) is 5.54. The van der Waals surface area contributed by atoms with E-state index in [1.165, 1.54) is 0 Å². The van der Waals surface area contributed by atoms with Gasteiger partial charge in [-0.15, -0.1) is 0 Å². The molecule has 78 valence electrons. The van der Waals surface area contributed by atoms with E-state index < -0.39 is 0 Å². The topological polar surface area (TPSA) is 26.0 Å². The third kappa shape index (κ3) is 3.09. The molecule has 0 amide bonds. The molecule has 0 radical (unpaired) electrons. The Morgan fingerprint density at radius 3 is 2.93 bits per heavy atom. The zero-order valence-corrected chi connectivity index (χ0v) is 11.6. The first-order valence-electron chi connectivity index (χ1n) is 4.22. The van der Waals surface area contributed by atoms with Crippen molar-refractivity contribution in [3.05, 3.63) is 45.4 Å². The summed E-state index contributed by atoms with van der Waals surface area (Å²) in [5, 5.41) is 0.967. The van der Waals surface area contributed by atoms with Crippen LogP contribution in [0.5, 0.6) is 0 Å². The van der Waals surface area contributed by atoms with Gasteiger partial charge in [-0.25, -0.2) is 4.98 Å². The lowest BCUT2D eigenvalue weighted by Crippen LogP contribution is -1.83. The summed E-state index contributed by atoms with van der Waals surface area (Å²) >= 11 is 8.47. The number of halogens is 2. The summed E-state index contributed by atoms with van der Waals surface area (Å²) in [5.74, 6) is 1.75. The fourth-order valence-electron chi connectivity index (χ4n) is 1.04. The van der Waals surface area contributed by atoms with E-state index in [4.69, 9.17) is 4.42 Å². The van der Waals surface area contributed by atoms with Gasteiger partial charge in [0.25, 0.3) is 0 Å². The Kier molecular flexibility index (Phi) is 3.88. The minimum atomic E-state index is 0.792. The van der Waals surface area contributed by atoms with Crippen LogP contribution in [0.2, 0.25) is 0 Å². The van der Waals surface area contributed by atoms with Crippen LogP contribution in [-0.4, -0.2) is 4.98 Å². The highest BCUT2D eigenvalue weighted by molar-refractivity contribution is 9.11. The van der Waals surface area contributed by atoms with Crippen molar-refractivity contribution in [2.75, 3.05) is 0 Å². The van der Waals surface area contributed by atoms with Crippen LogP contribution in [0.15, 0.2) is 49.0 Å². The highest BCUT2D eigenvalue weighted by Gasteiger charge is 2.04. The minimum absolute atomic E-state index is 0.792. The Balaban J connectivity index is 2.05. The Hall–Kier alpha value is -0.260. The molecule has 15 heavy (non-hydrogen) atoms. The SMILES string of the molecule is Brc1cnc(SCc2ccco2)c(Br)c1. The van der Waals surface area contributed by atoms with Crippen LogP contribution in [0, 0.1) is 0 Å². The average Bonchev–Trinajstić information content (AvgIpc) is 2.69. The predicted octanol–water partition coefficient (Wildman–Crippen LogP) is 4.49. The number of pyridine rings is 1. The number of rotatable bonds is 3. The summed E-state index contributed by atoms with van der Waals surface area (Å²) in [6, 6.07) is 5.83. The molecule has 2 aromatic heterocycles. The summed E-state index contributed by atoms with van der Waals surface area (Å²) in [6.45, 7) is 0. The van der Waals surface area contributed by atoms with Crippen LogP contribution in [-0.2, 0) is 5.75 Å². The Morgan fingerprint density at radius 1 is 1.40 bits per heavy atom. The van der Waals surface area contributed by atoms with Gasteiger partial charge in [-0.05, 0) is 50.1 Å². The van der Waals surface area contributed by atoms with E-state index >= 15 is 0 Å². The molecular formula is C10H7Br2NOS. The third-order valence-corrected chi connectivity index (χ3v) is 4.03. The van der Waals surface area contributed by atoms with Crippen molar-refractivity contribution < 1.29 is 4.42 Å². The first-order chi connectivity index (χ1) is 7.25. The number of nitrogens with zero attached hydrogens (tertiary/aromatic N) is 1. The van der Waals surface area contributed by atoms with E-state index in [-0.39, 0.29) is 0 Å². The summed E-state index contributed by atoms with van der Waals surface area (Å²) in [6.07, 6.45) is 3.47. The van der Waals surface area contributed by atoms with Crippen LogP contribution >= 0.6 is 43.6 Å². The molecule has 2 nitrogen and oxygen atoms in total. The number of aromatic nitrogens is 1. The van der Waals surface area contributed by atoms with Crippen molar-refractivity contribution >= 4 is 43.6 Å². The Labute approximate surface area is 109 Å². The lowest BCUT2D eigenvalue weighted by atomic mass is 10.5. The van der Waals surface area contributed by atoms with Gasteiger partial charge >= 0.3 is 0 Å². The van der Waals surface area contributed by atoms with Gasteiger partial charge in [0.15, 0.2) is 0 Å². The number of hydrogen-bond acceptors (Lipinski definition) is 3. The van der Waals surface area contributed by atoms with Crippen molar-refractivity contribution in [3.8, 4) is 0 Å². The smallest absolute Gasteiger partial charge is 0.114 e. The lowest BCUT2D eigenvalue weighted by Gasteiger charge is -2.01. The molecule has 0 atom stereocenters. The van der Waals surface area contributed by atoms with Crippen LogP contribution in [0.25, 0.3) is 0 Å². The molecular weight excluding hydrogens is 342 g/mol. The fraction of sp³-hybridized carbons (Fsp3) is 0.100. The van der Waals surface area contributed by atoms with Crippen molar-refractivity contribution in [1.29, 1.82) is 0 Å². The van der Waals surface area contributed by atoms with Gasteiger partial charge < -0.3 is 4.42 Å². The Bertz CT molecular complexity index is 445. The molecule has 2 heterocycles. The third-order valence-electron chi connectivity index (χ3n) is 1.71. The first-order valence-corrected chi connectivity index (χ1v) is 6.79. The highest BCUT2D eigenvalue weighted by atomic mass is 79.9. The average molecular weight is 349 g/mol. The van der Waals surface area contributed by atoms with Crippen molar-refractivity contribution in [2.24, 2.45) is 0 Å². The summed E-state index contributed by atoms with van der Waals surface area (Å²) < 4.78 is 7.21. The number of thioether (sulfide) groups is 1. The molecule has 0 bridgehead atoms. The van der Waals surface area contributed by atoms with Crippen LogP contribution in [0.3, 0.4) is 0 Å². The fourth-order valence-corrected chi connectivity index (χ4v) is 3.14. The Morgan fingerprint density at radius 2 is 2.27 bits per heavy atom. The van der Waals surface area contributed by atoms with E-state index in [9.17, 15) is 0 Å². The number of furan rings is 1. The molecule has 5 heteroatoms. The zero-order chi connectivity index (χ0) is 10.7. The zero-order valence-electron chi connectivity index (χ0n) is 7.61. The minimum Gasteiger partial charge on any atom is -0.468 e. The maximum absolute atomic E-state index is 5.25. The molecule has 0 saturated heterocycles. The molecule has 0 aliphatic rings. The van der Waals surface area contributed by atoms with Gasteiger partial charge in [0.2, 0.25) is 0 Å². The normalized spacial score (nSPS) is 10.5. The van der Waals surface area contributed by atoms with E-state index in [0.29, 0.717) is 0 Å². The maximum atomic E-state index is 5.25. The molecule has 2 aromatic rings. The van der Waals surface area contributed by atoms with E-state index in [1.54, 1.807) is 24.2 Å². The monoisotopic (exact) mass is 347 g/mol. The summed E-state index contributed by atoms with van der Waals surface area (Å²) in [4.78, 5) is 4.30. The van der Waals surface area contributed by atoms with Gasteiger partial charge in [-0.3, -0.25) is 0 Å². The number of hydrogen-bond donors (Lipinski definition) is 0. The molecule has 0 spiro atoms. The van der Waals surface area contributed by atoms with Crippen molar-refractivity contribution in [3.63, 3.8) is 0 Å². The molecule has 0 fully saturated rings. The molecule has 0 aromatic carbocycles. The van der Waals surface area contributed by atoms with E-state index in [0.717, 1.165) is 25.5 Å². The molecule has 2 rings (SSSR count). The molecule has 0 unspecified atom stereocenters.